The van der Waals surface area contributed by atoms with Gasteiger partial charge in [-0.15, -0.1) is 11.3 Å². The second-order valence-corrected chi connectivity index (χ2v) is 7.24. The van der Waals surface area contributed by atoms with Gasteiger partial charge in [-0.25, -0.2) is 4.98 Å². The first kappa shape index (κ1) is 15.8. The van der Waals surface area contributed by atoms with Crippen molar-refractivity contribution in [1.82, 2.24) is 9.88 Å². The fraction of sp³-hybridized carbons (Fsp3) is 0.733. The minimum atomic E-state index is -3.67. The molecular weight excluding hydrogens is 310 g/mol. The standard InChI is InChI=1S/C15H20F2N2O2S/c1-10-9-22-12(18-10)11-3-7-19(8-4-11)13(20)15(16,17)14(21)5-2-6-14/h9,11,21H,2-8H2,1H3. The van der Waals surface area contributed by atoms with Gasteiger partial charge in [0, 0.05) is 30.1 Å². The molecule has 2 aliphatic rings. The summed E-state index contributed by atoms with van der Waals surface area (Å²) in [6.45, 7) is 2.53. The molecule has 0 atom stereocenters. The number of likely N-dealkylation sites (tertiary alicyclic amines) is 1. The number of amides is 1. The van der Waals surface area contributed by atoms with Crippen LogP contribution in [0.2, 0.25) is 0 Å². The second kappa shape index (κ2) is 5.53. The number of thiazole rings is 1. The summed E-state index contributed by atoms with van der Waals surface area (Å²) < 4.78 is 28.4. The Kier molecular flexibility index (Phi) is 3.97. The number of piperidine rings is 1. The fourth-order valence-electron chi connectivity index (χ4n) is 3.11. The number of aliphatic hydroxyl groups is 1. The van der Waals surface area contributed by atoms with Gasteiger partial charge in [0.15, 0.2) is 0 Å². The molecule has 122 valence electrons. The molecule has 4 nitrogen and oxygen atoms in total. The Morgan fingerprint density at radius 3 is 2.55 bits per heavy atom. The van der Waals surface area contributed by atoms with E-state index in [9.17, 15) is 18.7 Å². The summed E-state index contributed by atoms with van der Waals surface area (Å²) in [5, 5.41) is 12.9. The average molecular weight is 330 g/mol. The van der Waals surface area contributed by atoms with E-state index < -0.39 is 17.4 Å². The Bertz CT molecular complexity index is 564. The Labute approximate surface area is 132 Å². The average Bonchev–Trinajstić information content (AvgIpc) is 2.90. The van der Waals surface area contributed by atoms with Gasteiger partial charge in [0.1, 0.15) is 5.60 Å². The van der Waals surface area contributed by atoms with Crippen LogP contribution in [0, 0.1) is 6.92 Å². The van der Waals surface area contributed by atoms with E-state index in [1.807, 2.05) is 12.3 Å². The monoisotopic (exact) mass is 330 g/mol. The number of halogens is 2. The summed E-state index contributed by atoms with van der Waals surface area (Å²) in [6.07, 6.45) is 1.84. The molecule has 1 saturated heterocycles. The molecule has 1 aromatic heterocycles. The maximum Gasteiger partial charge on any atom is 0.352 e. The Morgan fingerprint density at radius 2 is 2.09 bits per heavy atom. The zero-order valence-corrected chi connectivity index (χ0v) is 13.3. The van der Waals surface area contributed by atoms with Crippen molar-refractivity contribution in [2.45, 2.75) is 56.5 Å². The van der Waals surface area contributed by atoms with E-state index >= 15 is 0 Å². The molecule has 3 rings (SSSR count). The lowest BCUT2D eigenvalue weighted by molar-refractivity contribution is -0.224. The molecule has 0 bridgehead atoms. The molecule has 0 aromatic carbocycles. The number of aryl methyl sites for hydroxylation is 1. The maximum atomic E-state index is 14.2. The van der Waals surface area contributed by atoms with Crippen molar-refractivity contribution >= 4 is 17.2 Å². The lowest BCUT2D eigenvalue weighted by Gasteiger charge is -2.44. The number of rotatable bonds is 3. The first-order valence-electron chi connectivity index (χ1n) is 7.65. The lowest BCUT2D eigenvalue weighted by atomic mass is 9.74. The third kappa shape index (κ3) is 2.54. The molecule has 1 aliphatic carbocycles. The van der Waals surface area contributed by atoms with Crippen LogP contribution in [-0.4, -0.2) is 45.5 Å². The smallest absolute Gasteiger partial charge is 0.352 e. The van der Waals surface area contributed by atoms with Gasteiger partial charge in [0.05, 0.1) is 5.01 Å². The van der Waals surface area contributed by atoms with E-state index in [4.69, 9.17) is 0 Å². The van der Waals surface area contributed by atoms with Crippen LogP contribution in [0.15, 0.2) is 5.38 Å². The molecule has 2 heterocycles. The van der Waals surface area contributed by atoms with E-state index in [1.54, 1.807) is 11.3 Å². The summed E-state index contributed by atoms with van der Waals surface area (Å²) in [6, 6.07) is 0. The molecule has 0 radical (unpaired) electrons. The molecule has 2 fully saturated rings. The second-order valence-electron chi connectivity index (χ2n) is 6.35. The quantitative estimate of drug-likeness (QED) is 0.927. The Hall–Kier alpha value is -1.08. The van der Waals surface area contributed by atoms with Crippen molar-refractivity contribution in [3.63, 3.8) is 0 Å². The molecule has 22 heavy (non-hydrogen) atoms. The van der Waals surface area contributed by atoms with Crippen LogP contribution in [0.3, 0.4) is 0 Å². The van der Waals surface area contributed by atoms with Crippen LogP contribution in [-0.2, 0) is 4.79 Å². The summed E-state index contributed by atoms with van der Waals surface area (Å²) >= 11 is 1.59. The Balaban J connectivity index is 1.62. The fourth-order valence-corrected chi connectivity index (χ4v) is 4.08. The third-order valence-electron chi connectivity index (χ3n) is 4.80. The number of alkyl halides is 2. The molecule has 0 unspecified atom stereocenters. The minimum absolute atomic E-state index is 0.000592. The highest BCUT2D eigenvalue weighted by Gasteiger charge is 2.62. The van der Waals surface area contributed by atoms with Crippen molar-refractivity contribution in [2.75, 3.05) is 13.1 Å². The molecule has 1 N–H and O–H groups in total. The van der Waals surface area contributed by atoms with Crippen LogP contribution in [0.1, 0.15) is 48.7 Å². The maximum absolute atomic E-state index is 14.2. The summed E-state index contributed by atoms with van der Waals surface area (Å²) in [5.74, 6) is -4.65. The largest absolute Gasteiger partial charge is 0.383 e. The number of aromatic nitrogens is 1. The van der Waals surface area contributed by atoms with Gasteiger partial charge < -0.3 is 10.0 Å². The van der Waals surface area contributed by atoms with E-state index in [1.165, 1.54) is 4.90 Å². The van der Waals surface area contributed by atoms with Crippen molar-refractivity contribution < 1.29 is 18.7 Å². The first-order valence-corrected chi connectivity index (χ1v) is 8.53. The van der Waals surface area contributed by atoms with Crippen molar-refractivity contribution in [3.8, 4) is 0 Å². The van der Waals surface area contributed by atoms with Gasteiger partial charge in [0.25, 0.3) is 5.91 Å². The SMILES string of the molecule is Cc1csc(C2CCN(C(=O)C(F)(F)C3(O)CCC3)CC2)n1. The molecule has 1 amide bonds. The van der Waals surface area contributed by atoms with Crippen LogP contribution in [0.4, 0.5) is 8.78 Å². The minimum Gasteiger partial charge on any atom is -0.383 e. The van der Waals surface area contributed by atoms with Crippen LogP contribution in [0.5, 0.6) is 0 Å². The normalized spacial score (nSPS) is 22.5. The number of carbonyl (C=O) groups is 1. The van der Waals surface area contributed by atoms with Gasteiger partial charge in [-0.2, -0.15) is 8.78 Å². The van der Waals surface area contributed by atoms with E-state index in [-0.39, 0.29) is 18.8 Å². The molecule has 1 aromatic rings. The van der Waals surface area contributed by atoms with Crippen LogP contribution < -0.4 is 0 Å². The zero-order chi connectivity index (χ0) is 16.0. The molecular formula is C15H20F2N2O2S. The summed E-state index contributed by atoms with van der Waals surface area (Å²) in [7, 11) is 0. The zero-order valence-electron chi connectivity index (χ0n) is 12.5. The summed E-state index contributed by atoms with van der Waals surface area (Å²) in [4.78, 5) is 17.8. The molecule has 7 heteroatoms. The molecule has 1 saturated carbocycles. The molecule has 0 spiro atoms. The van der Waals surface area contributed by atoms with Crippen molar-refractivity contribution in [3.05, 3.63) is 16.1 Å². The van der Waals surface area contributed by atoms with Crippen molar-refractivity contribution in [2.24, 2.45) is 0 Å². The highest BCUT2D eigenvalue weighted by Crippen LogP contribution is 2.45. The van der Waals surface area contributed by atoms with Crippen LogP contribution in [0.25, 0.3) is 0 Å². The topological polar surface area (TPSA) is 53.4 Å². The van der Waals surface area contributed by atoms with Gasteiger partial charge in [-0.05, 0) is 39.0 Å². The highest BCUT2D eigenvalue weighted by molar-refractivity contribution is 7.09. The number of nitrogens with zero attached hydrogens (tertiary/aromatic N) is 2. The highest BCUT2D eigenvalue weighted by atomic mass is 32.1. The van der Waals surface area contributed by atoms with Gasteiger partial charge in [-0.1, -0.05) is 0 Å². The van der Waals surface area contributed by atoms with E-state index in [2.05, 4.69) is 4.98 Å². The summed E-state index contributed by atoms with van der Waals surface area (Å²) in [5.41, 5.74) is -1.16. The molecule has 1 aliphatic heterocycles. The predicted octanol–water partition coefficient (Wildman–Crippen LogP) is 2.71. The van der Waals surface area contributed by atoms with Gasteiger partial charge >= 0.3 is 5.92 Å². The van der Waals surface area contributed by atoms with Crippen molar-refractivity contribution in [1.29, 1.82) is 0 Å². The number of carbonyl (C=O) groups excluding carboxylic acids is 1. The number of hydrogen-bond acceptors (Lipinski definition) is 4. The Morgan fingerprint density at radius 1 is 1.45 bits per heavy atom. The first-order chi connectivity index (χ1) is 10.3. The van der Waals surface area contributed by atoms with E-state index in [0.29, 0.717) is 32.4 Å². The third-order valence-corrected chi connectivity index (χ3v) is 5.93. The number of hydrogen-bond donors (Lipinski definition) is 1. The predicted molar refractivity (Wildman–Crippen MR) is 79.2 cm³/mol. The van der Waals surface area contributed by atoms with Gasteiger partial charge in [-0.3, -0.25) is 4.79 Å². The lowest BCUT2D eigenvalue weighted by Crippen LogP contribution is -2.62. The van der Waals surface area contributed by atoms with Crippen LogP contribution >= 0.6 is 11.3 Å². The van der Waals surface area contributed by atoms with Gasteiger partial charge in [0.2, 0.25) is 0 Å². The van der Waals surface area contributed by atoms with E-state index in [0.717, 1.165) is 10.7 Å².